The van der Waals surface area contributed by atoms with Crippen molar-refractivity contribution in [2.24, 2.45) is 11.8 Å². The van der Waals surface area contributed by atoms with Gasteiger partial charge in [-0.25, -0.2) is 0 Å². The molecule has 0 unspecified atom stereocenters. The summed E-state index contributed by atoms with van der Waals surface area (Å²) < 4.78 is 0. The van der Waals surface area contributed by atoms with Crippen LogP contribution in [0.1, 0.15) is 12.1 Å². The van der Waals surface area contributed by atoms with Crippen LogP contribution in [-0.4, -0.2) is 71.8 Å². The lowest BCUT2D eigenvalue weighted by atomic mass is 9.88. The van der Waals surface area contributed by atoms with E-state index in [1.165, 1.54) is 0 Å². The first-order chi connectivity index (χ1) is 11.0. The van der Waals surface area contributed by atoms with Crippen molar-refractivity contribution in [1.29, 1.82) is 0 Å². The summed E-state index contributed by atoms with van der Waals surface area (Å²) in [6.07, 6.45) is 2.79. The monoisotopic (exact) mass is 316 g/mol. The Kier molecular flexibility index (Phi) is 4.61. The number of fused-ring (bicyclic) bond motifs is 1. The summed E-state index contributed by atoms with van der Waals surface area (Å²) in [6.45, 7) is 3.40. The third kappa shape index (κ3) is 3.52. The quantitative estimate of drug-likeness (QED) is 0.809. The molecule has 0 saturated carbocycles. The summed E-state index contributed by atoms with van der Waals surface area (Å²) in [6, 6.07) is 5.92. The minimum Gasteiger partial charge on any atom is -0.347 e. The molecule has 0 aromatic carbocycles. The summed E-state index contributed by atoms with van der Waals surface area (Å²) in [5.41, 5.74) is 1.04. The average Bonchev–Trinajstić information content (AvgIpc) is 2.94. The van der Waals surface area contributed by atoms with Crippen LogP contribution in [0.2, 0.25) is 0 Å². The zero-order valence-electron chi connectivity index (χ0n) is 13.8. The molecule has 23 heavy (non-hydrogen) atoms. The van der Waals surface area contributed by atoms with Gasteiger partial charge in [0, 0.05) is 46.5 Å². The van der Waals surface area contributed by atoms with Crippen molar-refractivity contribution >= 4 is 11.8 Å². The van der Waals surface area contributed by atoms with Gasteiger partial charge < -0.3 is 9.80 Å². The van der Waals surface area contributed by atoms with Gasteiger partial charge in [0.25, 0.3) is 0 Å². The SMILES string of the molecule is CN(C)C(=O)CN1CC[C@@H]2CN(Cc3ccccn3)C[C@H]2C1=O. The average molecular weight is 316 g/mol. The van der Waals surface area contributed by atoms with E-state index >= 15 is 0 Å². The highest BCUT2D eigenvalue weighted by atomic mass is 16.2. The lowest BCUT2D eigenvalue weighted by molar-refractivity contribution is -0.145. The molecule has 3 heterocycles. The van der Waals surface area contributed by atoms with E-state index in [9.17, 15) is 9.59 Å². The fourth-order valence-electron chi connectivity index (χ4n) is 3.51. The molecule has 0 radical (unpaired) electrons. The number of carbonyl (C=O) groups excluding carboxylic acids is 2. The molecule has 2 aliphatic heterocycles. The number of hydrogen-bond acceptors (Lipinski definition) is 4. The number of amides is 2. The van der Waals surface area contributed by atoms with Gasteiger partial charge in [-0.2, -0.15) is 0 Å². The minimum atomic E-state index is -0.0138. The molecule has 1 aromatic heterocycles. The molecule has 6 heteroatoms. The maximum absolute atomic E-state index is 12.7. The van der Waals surface area contributed by atoms with Crippen molar-refractivity contribution in [2.75, 3.05) is 40.3 Å². The number of hydrogen-bond donors (Lipinski definition) is 0. The topological polar surface area (TPSA) is 56.8 Å². The normalized spacial score (nSPS) is 24.6. The standard InChI is InChI=1S/C17H24N4O2/c1-19(2)16(22)12-21-8-6-13-9-20(11-15(13)17(21)23)10-14-5-3-4-7-18-14/h3-5,7,13,15H,6,8-12H2,1-2H3/t13-,15-/m1/s1. The molecule has 2 atom stereocenters. The molecule has 0 aliphatic carbocycles. The molecule has 2 aliphatic rings. The Bertz CT molecular complexity index is 575. The van der Waals surface area contributed by atoms with E-state index in [0.29, 0.717) is 12.5 Å². The van der Waals surface area contributed by atoms with Gasteiger partial charge >= 0.3 is 0 Å². The Morgan fingerprint density at radius 3 is 2.87 bits per heavy atom. The number of aromatic nitrogens is 1. The number of likely N-dealkylation sites (tertiary alicyclic amines) is 2. The molecule has 6 nitrogen and oxygen atoms in total. The predicted octanol–water partition coefficient (Wildman–Crippen LogP) is 0.450. The first kappa shape index (κ1) is 15.9. The highest BCUT2D eigenvalue weighted by Gasteiger charge is 2.43. The smallest absolute Gasteiger partial charge is 0.241 e. The molecule has 2 saturated heterocycles. The van der Waals surface area contributed by atoms with Crippen LogP contribution >= 0.6 is 0 Å². The third-order valence-electron chi connectivity index (χ3n) is 4.85. The Balaban J connectivity index is 1.60. The number of rotatable bonds is 4. The number of piperidine rings is 1. The number of carbonyl (C=O) groups is 2. The van der Waals surface area contributed by atoms with E-state index in [4.69, 9.17) is 0 Å². The highest BCUT2D eigenvalue weighted by Crippen LogP contribution is 2.32. The van der Waals surface area contributed by atoms with Crippen LogP contribution in [0.4, 0.5) is 0 Å². The van der Waals surface area contributed by atoms with Crippen LogP contribution in [0.5, 0.6) is 0 Å². The molecule has 0 spiro atoms. The third-order valence-corrected chi connectivity index (χ3v) is 4.85. The maximum Gasteiger partial charge on any atom is 0.241 e. The fraction of sp³-hybridized carbons (Fsp3) is 0.588. The lowest BCUT2D eigenvalue weighted by Gasteiger charge is -2.34. The van der Waals surface area contributed by atoms with Crippen molar-refractivity contribution in [3.8, 4) is 0 Å². The summed E-state index contributed by atoms with van der Waals surface area (Å²) in [5.74, 6) is 0.569. The Labute approximate surface area is 137 Å². The number of likely N-dealkylation sites (N-methyl/N-ethyl adjacent to an activating group) is 1. The Morgan fingerprint density at radius 2 is 2.17 bits per heavy atom. The van der Waals surface area contributed by atoms with Gasteiger partial charge in [-0.3, -0.25) is 19.5 Å². The lowest BCUT2D eigenvalue weighted by Crippen LogP contribution is -2.49. The molecule has 0 N–H and O–H groups in total. The molecule has 3 rings (SSSR count). The highest BCUT2D eigenvalue weighted by molar-refractivity contribution is 5.86. The van der Waals surface area contributed by atoms with E-state index < -0.39 is 0 Å². The van der Waals surface area contributed by atoms with Crippen molar-refractivity contribution < 1.29 is 9.59 Å². The molecule has 124 valence electrons. The number of nitrogens with zero attached hydrogens (tertiary/aromatic N) is 4. The fourth-order valence-corrected chi connectivity index (χ4v) is 3.51. The van der Waals surface area contributed by atoms with Crippen LogP contribution in [-0.2, 0) is 16.1 Å². The van der Waals surface area contributed by atoms with Gasteiger partial charge in [0.05, 0.1) is 18.2 Å². The predicted molar refractivity (Wildman–Crippen MR) is 86.4 cm³/mol. The van der Waals surface area contributed by atoms with Crippen molar-refractivity contribution in [1.82, 2.24) is 19.7 Å². The van der Waals surface area contributed by atoms with E-state index in [2.05, 4.69) is 9.88 Å². The minimum absolute atomic E-state index is 0.0138. The summed E-state index contributed by atoms with van der Waals surface area (Å²) >= 11 is 0. The second-order valence-corrected chi connectivity index (χ2v) is 6.72. The van der Waals surface area contributed by atoms with Gasteiger partial charge in [0.15, 0.2) is 0 Å². The second-order valence-electron chi connectivity index (χ2n) is 6.72. The van der Waals surface area contributed by atoms with Gasteiger partial charge in [-0.1, -0.05) is 6.07 Å². The van der Waals surface area contributed by atoms with Gasteiger partial charge in [0.2, 0.25) is 11.8 Å². The summed E-state index contributed by atoms with van der Waals surface area (Å²) in [5, 5.41) is 0. The van der Waals surface area contributed by atoms with Crippen molar-refractivity contribution in [3.05, 3.63) is 30.1 Å². The van der Waals surface area contributed by atoms with Crippen molar-refractivity contribution in [2.45, 2.75) is 13.0 Å². The van der Waals surface area contributed by atoms with Crippen molar-refractivity contribution in [3.63, 3.8) is 0 Å². The van der Waals surface area contributed by atoms with Gasteiger partial charge in [-0.15, -0.1) is 0 Å². The molecule has 1 aromatic rings. The van der Waals surface area contributed by atoms with Crippen LogP contribution < -0.4 is 0 Å². The first-order valence-corrected chi connectivity index (χ1v) is 8.16. The van der Waals surface area contributed by atoms with E-state index in [1.54, 1.807) is 30.1 Å². The van der Waals surface area contributed by atoms with Gasteiger partial charge in [-0.05, 0) is 24.5 Å². The second kappa shape index (κ2) is 6.66. The first-order valence-electron chi connectivity index (χ1n) is 8.16. The summed E-state index contributed by atoms with van der Waals surface area (Å²) in [4.78, 5) is 34.5. The van der Waals surface area contributed by atoms with Crippen LogP contribution in [0.15, 0.2) is 24.4 Å². The Morgan fingerprint density at radius 1 is 1.35 bits per heavy atom. The maximum atomic E-state index is 12.7. The molecule has 0 bridgehead atoms. The number of pyridine rings is 1. The zero-order chi connectivity index (χ0) is 16.4. The van der Waals surface area contributed by atoms with E-state index in [0.717, 1.165) is 31.7 Å². The molecule has 2 fully saturated rings. The molecular formula is C17H24N4O2. The molecular weight excluding hydrogens is 292 g/mol. The largest absolute Gasteiger partial charge is 0.347 e. The van der Waals surface area contributed by atoms with E-state index in [1.807, 2.05) is 18.2 Å². The van der Waals surface area contributed by atoms with Gasteiger partial charge in [0.1, 0.15) is 0 Å². The summed E-state index contributed by atoms with van der Waals surface area (Å²) in [7, 11) is 3.45. The Hall–Kier alpha value is -1.95. The molecule has 2 amide bonds. The van der Waals surface area contributed by atoms with Crippen LogP contribution in [0.3, 0.4) is 0 Å². The van der Waals surface area contributed by atoms with Crippen LogP contribution in [0.25, 0.3) is 0 Å². The van der Waals surface area contributed by atoms with E-state index in [-0.39, 0.29) is 24.3 Å². The van der Waals surface area contributed by atoms with Crippen LogP contribution in [0, 0.1) is 11.8 Å². The zero-order valence-corrected chi connectivity index (χ0v) is 13.8.